The summed E-state index contributed by atoms with van der Waals surface area (Å²) in [6.07, 6.45) is -0.310. The predicted molar refractivity (Wildman–Crippen MR) is 36.7 cm³/mol. The normalized spacial score (nSPS) is 11.2. The van der Waals surface area contributed by atoms with Gasteiger partial charge in [0.1, 0.15) is 0 Å². The van der Waals surface area contributed by atoms with Crippen LogP contribution in [0.25, 0.3) is 0 Å². The Kier molecular flexibility index (Phi) is 10.2. The summed E-state index contributed by atoms with van der Waals surface area (Å²) in [5.41, 5.74) is 0. The smallest absolute Gasteiger partial charge is 0.305 e. The van der Waals surface area contributed by atoms with Gasteiger partial charge in [-0.25, -0.2) is 0 Å². The Bertz CT molecular complexity index is 81.8. The van der Waals surface area contributed by atoms with E-state index in [4.69, 9.17) is 15.3 Å². The Morgan fingerprint density at radius 3 is 2.00 bits per heavy atom. The number of rotatable bonds is 3. The van der Waals surface area contributed by atoms with Gasteiger partial charge in [-0.3, -0.25) is 4.79 Å². The Labute approximate surface area is 60.1 Å². The summed E-state index contributed by atoms with van der Waals surface area (Å²) < 4.78 is 0. The second-order valence-electron chi connectivity index (χ2n) is 1.66. The van der Waals surface area contributed by atoms with E-state index in [1.165, 1.54) is 0 Å². The van der Waals surface area contributed by atoms with Crippen LogP contribution in [-0.2, 0) is 4.79 Å². The van der Waals surface area contributed by atoms with Crippen molar-refractivity contribution in [3.8, 4) is 0 Å². The second-order valence-corrected chi connectivity index (χ2v) is 1.66. The Hall–Kier alpha value is -0.610. The molecule has 10 heavy (non-hydrogen) atoms. The number of carboxylic acids is 1. The van der Waals surface area contributed by atoms with Crippen LogP contribution in [0.3, 0.4) is 0 Å². The SMILES string of the molecule is CCC(O)CC(=O)O.CO. The molecule has 0 rings (SSSR count). The summed E-state index contributed by atoms with van der Waals surface area (Å²) in [5, 5.41) is 23.7. The fourth-order valence-corrected chi connectivity index (χ4v) is 0.346. The van der Waals surface area contributed by atoms with Crippen LogP contribution >= 0.6 is 0 Å². The maximum Gasteiger partial charge on any atom is 0.305 e. The molecule has 0 aromatic carbocycles. The van der Waals surface area contributed by atoms with Gasteiger partial charge in [0.05, 0.1) is 12.5 Å². The van der Waals surface area contributed by atoms with E-state index in [-0.39, 0.29) is 6.42 Å². The Balaban J connectivity index is 0. The minimum Gasteiger partial charge on any atom is -0.481 e. The summed E-state index contributed by atoms with van der Waals surface area (Å²) >= 11 is 0. The van der Waals surface area contributed by atoms with Gasteiger partial charge in [-0.2, -0.15) is 0 Å². The zero-order valence-electron chi connectivity index (χ0n) is 6.24. The number of aliphatic hydroxyl groups is 2. The molecule has 62 valence electrons. The van der Waals surface area contributed by atoms with Gasteiger partial charge in [0.15, 0.2) is 0 Å². The van der Waals surface area contributed by atoms with Crippen LogP contribution in [-0.4, -0.2) is 34.5 Å². The average Bonchev–Trinajstić information content (AvgIpc) is 1.91. The van der Waals surface area contributed by atoms with E-state index in [1.807, 2.05) is 0 Å². The van der Waals surface area contributed by atoms with Crippen LogP contribution in [0, 0.1) is 0 Å². The van der Waals surface area contributed by atoms with Crippen LogP contribution < -0.4 is 0 Å². The number of hydrogen-bond donors (Lipinski definition) is 3. The van der Waals surface area contributed by atoms with Crippen molar-refractivity contribution in [1.29, 1.82) is 0 Å². The van der Waals surface area contributed by atoms with Gasteiger partial charge in [0.25, 0.3) is 0 Å². The molecule has 0 saturated carbocycles. The summed E-state index contributed by atoms with van der Waals surface area (Å²) in [6.45, 7) is 1.74. The molecule has 4 heteroatoms. The summed E-state index contributed by atoms with van der Waals surface area (Å²) in [4.78, 5) is 9.81. The van der Waals surface area contributed by atoms with Crippen LogP contribution in [0.5, 0.6) is 0 Å². The maximum absolute atomic E-state index is 9.81. The molecule has 0 aromatic rings. The summed E-state index contributed by atoms with van der Waals surface area (Å²) in [5.74, 6) is -0.945. The first-order valence-corrected chi connectivity index (χ1v) is 3.01. The minimum absolute atomic E-state index is 0.142. The standard InChI is InChI=1S/C5H10O3.CH4O/c1-2-4(6)3-5(7)8;1-2/h4,6H,2-3H2,1H3,(H,7,8);2H,1H3. The van der Waals surface area contributed by atoms with E-state index in [0.717, 1.165) is 7.11 Å². The van der Waals surface area contributed by atoms with Gasteiger partial charge in [0.2, 0.25) is 0 Å². The van der Waals surface area contributed by atoms with Crippen molar-refractivity contribution in [2.45, 2.75) is 25.9 Å². The zero-order chi connectivity index (χ0) is 8.57. The fourth-order valence-electron chi connectivity index (χ4n) is 0.346. The molecule has 4 nitrogen and oxygen atoms in total. The van der Waals surface area contributed by atoms with Gasteiger partial charge in [-0.15, -0.1) is 0 Å². The third-order valence-electron chi connectivity index (χ3n) is 0.881. The highest BCUT2D eigenvalue weighted by molar-refractivity contribution is 5.67. The summed E-state index contributed by atoms with van der Waals surface area (Å²) in [6, 6.07) is 0. The molecule has 0 spiro atoms. The molecule has 0 aliphatic rings. The van der Waals surface area contributed by atoms with Crippen molar-refractivity contribution in [3.63, 3.8) is 0 Å². The monoisotopic (exact) mass is 150 g/mol. The quantitative estimate of drug-likeness (QED) is 0.522. The van der Waals surface area contributed by atoms with Gasteiger partial charge < -0.3 is 15.3 Å². The molecule has 0 radical (unpaired) electrons. The highest BCUT2D eigenvalue weighted by Crippen LogP contribution is 1.94. The van der Waals surface area contributed by atoms with Gasteiger partial charge in [0, 0.05) is 7.11 Å². The van der Waals surface area contributed by atoms with Gasteiger partial charge in [-0.1, -0.05) is 6.92 Å². The predicted octanol–water partition coefficient (Wildman–Crippen LogP) is -0.160. The molecular weight excluding hydrogens is 136 g/mol. The van der Waals surface area contributed by atoms with Gasteiger partial charge in [-0.05, 0) is 6.42 Å². The first kappa shape index (κ1) is 12.1. The van der Waals surface area contributed by atoms with E-state index < -0.39 is 12.1 Å². The largest absolute Gasteiger partial charge is 0.481 e. The molecular formula is C6H14O4. The molecule has 0 saturated heterocycles. The fraction of sp³-hybridized carbons (Fsp3) is 0.833. The maximum atomic E-state index is 9.81. The molecule has 0 bridgehead atoms. The van der Waals surface area contributed by atoms with Gasteiger partial charge >= 0.3 is 5.97 Å². The molecule has 0 aromatic heterocycles. The van der Waals surface area contributed by atoms with Crippen molar-refractivity contribution >= 4 is 5.97 Å². The lowest BCUT2D eigenvalue weighted by Gasteiger charge is -2.00. The molecule has 0 aliphatic heterocycles. The topological polar surface area (TPSA) is 77.8 Å². The Morgan fingerprint density at radius 1 is 1.50 bits per heavy atom. The molecule has 3 N–H and O–H groups in total. The van der Waals surface area contributed by atoms with Crippen LogP contribution in [0.1, 0.15) is 19.8 Å². The third-order valence-corrected chi connectivity index (χ3v) is 0.881. The van der Waals surface area contributed by atoms with E-state index in [9.17, 15) is 4.79 Å². The van der Waals surface area contributed by atoms with Crippen LogP contribution in [0.15, 0.2) is 0 Å². The van der Waals surface area contributed by atoms with E-state index >= 15 is 0 Å². The van der Waals surface area contributed by atoms with Crippen molar-refractivity contribution in [2.24, 2.45) is 0 Å². The van der Waals surface area contributed by atoms with Crippen molar-refractivity contribution < 1.29 is 20.1 Å². The Morgan fingerprint density at radius 2 is 1.90 bits per heavy atom. The molecule has 1 unspecified atom stereocenters. The molecule has 0 aliphatic carbocycles. The first-order chi connectivity index (χ1) is 4.66. The molecule has 1 atom stereocenters. The molecule has 0 amide bonds. The lowest BCUT2D eigenvalue weighted by atomic mass is 10.2. The number of carbonyl (C=O) groups is 1. The zero-order valence-corrected chi connectivity index (χ0v) is 6.24. The van der Waals surface area contributed by atoms with Crippen molar-refractivity contribution in [1.82, 2.24) is 0 Å². The lowest BCUT2D eigenvalue weighted by Crippen LogP contribution is -2.10. The number of carboxylic acid groups (broad SMARTS) is 1. The van der Waals surface area contributed by atoms with E-state index in [0.29, 0.717) is 6.42 Å². The minimum atomic E-state index is -0.945. The van der Waals surface area contributed by atoms with Crippen LogP contribution in [0.4, 0.5) is 0 Å². The molecule has 0 fully saturated rings. The number of aliphatic carboxylic acids is 1. The highest BCUT2D eigenvalue weighted by atomic mass is 16.4. The average molecular weight is 150 g/mol. The van der Waals surface area contributed by atoms with Crippen molar-refractivity contribution in [3.05, 3.63) is 0 Å². The van der Waals surface area contributed by atoms with E-state index in [2.05, 4.69) is 0 Å². The number of hydrogen-bond acceptors (Lipinski definition) is 3. The highest BCUT2D eigenvalue weighted by Gasteiger charge is 2.04. The van der Waals surface area contributed by atoms with Crippen LogP contribution in [0.2, 0.25) is 0 Å². The first-order valence-electron chi connectivity index (χ1n) is 3.01. The van der Waals surface area contributed by atoms with Crippen molar-refractivity contribution in [2.75, 3.05) is 7.11 Å². The summed E-state index contributed by atoms with van der Waals surface area (Å²) in [7, 11) is 1.00. The number of aliphatic hydroxyl groups excluding tert-OH is 2. The molecule has 0 heterocycles. The lowest BCUT2D eigenvalue weighted by molar-refractivity contribution is -0.139. The third kappa shape index (κ3) is 10.4. The second kappa shape index (κ2) is 8.39. The van der Waals surface area contributed by atoms with E-state index in [1.54, 1.807) is 6.92 Å².